The Hall–Kier alpha value is -1.04. The normalized spacial score (nSPS) is 21.1. The lowest BCUT2D eigenvalue weighted by atomic mass is 9.99. The number of likely N-dealkylation sites (tertiary alicyclic amines) is 1. The highest BCUT2D eigenvalue weighted by Crippen LogP contribution is 2.22. The molecule has 1 aromatic rings. The highest BCUT2D eigenvalue weighted by Gasteiger charge is 2.17. The molecule has 2 rings (SSSR count). The summed E-state index contributed by atoms with van der Waals surface area (Å²) in [7, 11) is 0. The fourth-order valence-electron chi connectivity index (χ4n) is 2.42. The summed E-state index contributed by atoms with van der Waals surface area (Å²) in [5, 5.41) is 9.50. The van der Waals surface area contributed by atoms with Gasteiger partial charge in [-0.25, -0.2) is 0 Å². The van der Waals surface area contributed by atoms with Crippen LogP contribution in [0.3, 0.4) is 0 Å². The maximum atomic E-state index is 8.79. The topological polar surface area (TPSA) is 27.0 Å². The third kappa shape index (κ3) is 3.21. The quantitative estimate of drug-likeness (QED) is 0.802. The molecule has 0 radical (unpaired) electrons. The van der Waals surface area contributed by atoms with E-state index in [1.807, 2.05) is 12.1 Å². The van der Waals surface area contributed by atoms with Gasteiger partial charge in [0.15, 0.2) is 0 Å². The van der Waals surface area contributed by atoms with E-state index in [1.165, 1.54) is 12.8 Å². The Morgan fingerprint density at radius 1 is 1.53 bits per heavy atom. The van der Waals surface area contributed by atoms with Gasteiger partial charge in [-0.05, 0) is 43.0 Å². The molecule has 1 aromatic carbocycles. The van der Waals surface area contributed by atoms with Crippen molar-refractivity contribution in [3.63, 3.8) is 0 Å². The van der Waals surface area contributed by atoms with E-state index in [9.17, 15) is 0 Å². The van der Waals surface area contributed by atoms with Crippen molar-refractivity contribution < 1.29 is 0 Å². The number of nitriles is 1. The molecule has 0 saturated carbocycles. The van der Waals surface area contributed by atoms with Crippen molar-refractivity contribution >= 4 is 11.6 Å². The van der Waals surface area contributed by atoms with Crippen LogP contribution in [0.4, 0.5) is 0 Å². The molecule has 0 aromatic heterocycles. The Morgan fingerprint density at radius 2 is 2.35 bits per heavy atom. The number of halogens is 1. The molecule has 0 N–H and O–H groups in total. The van der Waals surface area contributed by atoms with Gasteiger partial charge >= 0.3 is 0 Å². The van der Waals surface area contributed by atoms with Gasteiger partial charge in [0.05, 0.1) is 11.6 Å². The lowest BCUT2D eigenvalue weighted by Crippen LogP contribution is -2.33. The molecule has 1 atom stereocenters. The van der Waals surface area contributed by atoms with E-state index >= 15 is 0 Å². The molecule has 1 heterocycles. The molecule has 90 valence electrons. The summed E-state index contributed by atoms with van der Waals surface area (Å²) in [4.78, 5) is 2.45. The van der Waals surface area contributed by atoms with Crippen LogP contribution in [-0.2, 0) is 6.54 Å². The van der Waals surface area contributed by atoms with Crippen LogP contribution >= 0.6 is 11.6 Å². The van der Waals surface area contributed by atoms with Crippen LogP contribution < -0.4 is 0 Å². The second-order valence-electron chi connectivity index (χ2n) is 4.90. The highest BCUT2D eigenvalue weighted by atomic mass is 35.5. The third-order valence-electron chi connectivity index (χ3n) is 3.32. The van der Waals surface area contributed by atoms with Crippen molar-refractivity contribution in [3.05, 3.63) is 34.3 Å². The van der Waals surface area contributed by atoms with Gasteiger partial charge in [0, 0.05) is 18.1 Å². The first-order chi connectivity index (χ1) is 8.19. The van der Waals surface area contributed by atoms with E-state index in [-0.39, 0.29) is 0 Å². The van der Waals surface area contributed by atoms with E-state index in [4.69, 9.17) is 16.9 Å². The van der Waals surface area contributed by atoms with Gasteiger partial charge in [0.2, 0.25) is 0 Å². The molecule has 1 fully saturated rings. The molecule has 2 nitrogen and oxygen atoms in total. The molecular formula is C14H17ClN2. The Kier molecular flexibility index (Phi) is 4.04. The molecule has 1 unspecified atom stereocenters. The van der Waals surface area contributed by atoms with Gasteiger partial charge in [-0.1, -0.05) is 24.6 Å². The SMILES string of the molecule is CC1CCCN(Cc2ccc(C#N)cc2Cl)C1. The summed E-state index contributed by atoms with van der Waals surface area (Å²) in [5.74, 6) is 0.779. The maximum absolute atomic E-state index is 8.79. The molecule has 0 bridgehead atoms. The van der Waals surface area contributed by atoms with Crippen molar-refractivity contribution in [2.75, 3.05) is 13.1 Å². The average Bonchev–Trinajstić information content (AvgIpc) is 2.32. The average molecular weight is 249 g/mol. The maximum Gasteiger partial charge on any atom is 0.0992 e. The fourth-order valence-corrected chi connectivity index (χ4v) is 2.66. The zero-order valence-corrected chi connectivity index (χ0v) is 10.9. The van der Waals surface area contributed by atoms with Crippen molar-refractivity contribution in [3.8, 4) is 6.07 Å². The lowest BCUT2D eigenvalue weighted by molar-refractivity contribution is 0.176. The molecule has 1 saturated heterocycles. The van der Waals surface area contributed by atoms with Crippen LogP contribution in [0, 0.1) is 17.2 Å². The summed E-state index contributed by atoms with van der Waals surface area (Å²) in [6, 6.07) is 7.68. The molecule has 0 aliphatic carbocycles. The van der Waals surface area contributed by atoms with E-state index in [0.717, 1.165) is 31.1 Å². The Bertz CT molecular complexity index is 436. The summed E-state index contributed by atoms with van der Waals surface area (Å²) in [6.45, 7) is 5.50. The van der Waals surface area contributed by atoms with E-state index < -0.39 is 0 Å². The van der Waals surface area contributed by atoms with Crippen LogP contribution in [0.25, 0.3) is 0 Å². The second-order valence-corrected chi connectivity index (χ2v) is 5.31. The molecule has 3 heteroatoms. The molecule has 1 aliphatic heterocycles. The van der Waals surface area contributed by atoms with Crippen LogP contribution in [0.1, 0.15) is 30.9 Å². The summed E-state index contributed by atoms with van der Waals surface area (Å²) >= 11 is 6.19. The number of hydrogen-bond acceptors (Lipinski definition) is 2. The number of benzene rings is 1. The molecule has 0 spiro atoms. The molecule has 0 amide bonds. The van der Waals surface area contributed by atoms with E-state index in [2.05, 4.69) is 17.9 Å². The van der Waals surface area contributed by atoms with Crippen LogP contribution in [-0.4, -0.2) is 18.0 Å². The Morgan fingerprint density at radius 3 is 3.00 bits per heavy atom. The number of rotatable bonds is 2. The fraction of sp³-hybridized carbons (Fsp3) is 0.500. The van der Waals surface area contributed by atoms with Crippen LogP contribution in [0.15, 0.2) is 18.2 Å². The zero-order valence-electron chi connectivity index (χ0n) is 10.1. The minimum Gasteiger partial charge on any atom is -0.299 e. The zero-order chi connectivity index (χ0) is 12.3. The first-order valence-electron chi connectivity index (χ1n) is 6.10. The Labute approximate surface area is 108 Å². The van der Waals surface area contributed by atoms with E-state index in [1.54, 1.807) is 6.07 Å². The monoisotopic (exact) mass is 248 g/mol. The van der Waals surface area contributed by atoms with Gasteiger partial charge in [-0.2, -0.15) is 5.26 Å². The van der Waals surface area contributed by atoms with Gasteiger partial charge < -0.3 is 0 Å². The summed E-state index contributed by atoms with van der Waals surface area (Å²) < 4.78 is 0. The standard InChI is InChI=1S/C14H17ClN2/c1-11-3-2-6-17(9-11)10-13-5-4-12(8-16)7-14(13)15/h4-5,7,11H,2-3,6,9-10H2,1H3. The van der Waals surface area contributed by atoms with Crippen LogP contribution in [0.2, 0.25) is 5.02 Å². The number of piperidine rings is 1. The van der Waals surface area contributed by atoms with Gasteiger partial charge in [0.25, 0.3) is 0 Å². The molecular weight excluding hydrogens is 232 g/mol. The van der Waals surface area contributed by atoms with Gasteiger partial charge in [-0.15, -0.1) is 0 Å². The van der Waals surface area contributed by atoms with Crippen LogP contribution in [0.5, 0.6) is 0 Å². The summed E-state index contributed by atoms with van der Waals surface area (Å²) in [6.07, 6.45) is 2.60. The lowest BCUT2D eigenvalue weighted by Gasteiger charge is -2.31. The van der Waals surface area contributed by atoms with Gasteiger partial charge in [0.1, 0.15) is 0 Å². The van der Waals surface area contributed by atoms with Gasteiger partial charge in [-0.3, -0.25) is 4.90 Å². The van der Waals surface area contributed by atoms with Crippen molar-refractivity contribution in [1.82, 2.24) is 4.90 Å². The van der Waals surface area contributed by atoms with Crippen molar-refractivity contribution in [1.29, 1.82) is 5.26 Å². The van der Waals surface area contributed by atoms with E-state index in [0.29, 0.717) is 10.6 Å². The molecule has 17 heavy (non-hydrogen) atoms. The smallest absolute Gasteiger partial charge is 0.0992 e. The molecule has 1 aliphatic rings. The number of hydrogen-bond donors (Lipinski definition) is 0. The predicted molar refractivity (Wildman–Crippen MR) is 69.8 cm³/mol. The van der Waals surface area contributed by atoms with Crippen molar-refractivity contribution in [2.45, 2.75) is 26.3 Å². The highest BCUT2D eigenvalue weighted by molar-refractivity contribution is 6.31. The largest absolute Gasteiger partial charge is 0.299 e. The summed E-state index contributed by atoms with van der Waals surface area (Å²) in [5.41, 5.74) is 1.76. The first kappa shape index (κ1) is 12.4. The third-order valence-corrected chi connectivity index (χ3v) is 3.67. The minimum absolute atomic E-state index is 0.630. The Balaban J connectivity index is 2.06. The van der Waals surface area contributed by atoms with Crippen molar-refractivity contribution in [2.24, 2.45) is 5.92 Å². The number of nitrogens with zero attached hydrogens (tertiary/aromatic N) is 2. The second kappa shape index (κ2) is 5.53. The first-order valence-corrected chi connectivity index (χ1v) is 6.47. The minimum atomic E-state index is 0.630. The predicted octanol–water partition coefficient (Wildman–Crippen LogP) is 3.44.